The van der Waals surface area contributed by atoms with Gasteiger partial charge in [0.1, 0.15) is 11.6 Å². The molecule has 25 heavy (non-hydrogen) atoms. The Morgan fingerprint density at radius 2 is 1.88 bits per heavy atom. The molecule has 0 saturated heterocycles. The van der Waals surface area contributed by atoms with Gasteiger partial charge in [0.25, 0.3) is 5.56 Å². The quantitative estimate of drug-likeness (QED) is 0.798. The van der Waals surface area contributed by atoms with Crippen LogP contribution in [-0.2, 0) is 19.5 Å². The molecule has 1 N–H and O–H groups in total. The van der Waals surface area contributed by atoms with Crippen LogP contribution in [0.1, 0.15) is 16.8 Å². The Morgan fingerprint density at radius 3 is 2.64 bits per heavy atom. The summed E-state index contributed by atoms with van der Waals surface area (Å²) in [6.45, 7) is 2.05. The maximum absolute atomic E-state index is 13.0. The van der Waals surface area contributed by atoms with Crippen LogP contribution in [-0.4, -0.2) is 26.4 Å². The number of hydrogen-bond donors (Lipinski definition) is 1. The summed E-state index contributed by atoms with van der Waals surface area (Å²) in [7, 11) is 0. The number of halogens is 1. The van der Waals surface area contributed by atoms with E-state index in [9.17, 15) is 9.18 Å². The van der Waals surface area contributed by atoms with Crippen molar-refractivity contribution >= 4 is 0 Å². The van der Waals surface area contributed by atoms with Gasteiger partial charge in [-0.15, -0.1) is 0 Å². The third-order valence-electron chi connectivity index (χ3n) is 4.42. The van der Waals surface area contributed by atoms with E-state index < -0.39 is 0 Å². The average Bonchev–Trinajstić information content (AvgIpc) is 2.65. The zero-order valence-electron chi connectivity index (χ0n) is 13.6. The molecule has 5 nitrogen and oxygen atoms in total. The molecule has 1 aliphatic rings. The Morgan fingerprint density at radius 1 is 1.12 bits per heavy atom. The minimum atomic E-state index is -0.239. The maximum atomic E-state index is 13.0. The lowest BCUT2D eigenvalue weighted by Gasteiger charge is -2.27. The van der Waals surface area contributed by atoms with Gasteiger partial charge >= 0.3 is 0 Å². The lowest BCUT2D eigenvalue weighted by atomic mass is 10.1. The van der Waals surface area contributed by atoms with Crippen LogP contribution in [0.2, 0.25) is 0 Å². The van der Waals surface area contributed by atoms with Gasteiger partial charge in [0, 0.05) is 44.0 Å². The van der Waals surface area contributed by atoms with Gasteiger partial charge in [-0.05, 0) is 29.8 Å². The van der Waals surface area contributed by atoms with Gasteiger partial charge in [0.15, 0.2) is 0 Å². The number of nitrogens with zero attached hydrogens (tertiary/aromatic N) is 3. The van der Waals surface area contributed by atoms with Gasteiger partial charge in [-0.3, -0.25) is 14.7 Å². The fraction of sp³-hybridized carbons (Fsp3) is 0.211. The van der Waals surface area contributed by atoms with E-state index in [1.54, 1.807) is 24.5 Å². The molecule has 3 aromatic rings. The topological polar surface area (TPSA) is 61.9 Å². The highest BCUT2D eigenvalue weighted by Crippen LogP contribution is 2.19. The highest BCUT2D eigenvalue weighted by molar-refractivity contribution is 5.54. The first-order valence-corrected chi connectivity index (χ1v) is 8.18. The van der Waals surface area contributed by atoms with E-state index in [1.165, 1.54) is 12.1 Å². The number of aromatic nitrogens is 3. The van der Waals surface area contributed by atoms with Gasteiger partial charge < -0.3 is 4.98 Å². The summed E-state index contributed by atoms with van der Waals surface area (Å²) < 4.78 is 13.0. The molecular weight excluding hydrogens is 319 g/mol. The molecule has 1 aromatic carbocycles. The summed E-state index contributed by atoms with van der Waals surface area (Å²) >= 11 is 0. The van der Waals surface area contributed by atoms with Gasteiger partial charge in [-0.25, -0.2) is 9.37 Å². The normalized spacial score (nSPS) is 14.3. The fourth-order valence-electron chi connectivity index (χ4n) is 3.11. The second kappa shape index (κ2) is 6.57. The van der Waals surface area contributed by atoms with Gasteiger partial charge in [-0.1, -0.05) is 12.1 Å². The second-order valence-corrected chi connectivity index (χ2v) is 6.16. The van der Waals surface area contributed by atoms with Gasteiger partial charge in [-0.2, -0.15) is 0 Å². The van der Waals surface area contributed by atoms with Crippen LogP contribution in [0.5, 0.6) is 0 Å². The molecular formula is C19H17FN4O. The summed E-state index contributed by atoms with van der Waals surface area (Å²) in [4.78, 5) is 26.2. The fourth-order valence-corrected chi connectivity index (χ4v) is 3.11. The van der Waals surface area contributed by atoms with Crippen molar-refractivity contribution in [1.82, 2.24) is 19.9 Å². The third-order valence-corrected chi connectivity index (χ3v) is 4.42. The Labute approximate surface area is 144 Å². The van der Waals surface area contributed by atoms with Crippen molar-refractivity contribution in [3.63, 3.8) is 0 Å². The summed E-state index contributed by atoms with van der Waals surface area (Å²) in [5, 5.41) is 0. The molecule has 2 aromatic heterocycles. The maximum Gasteiger partial charge on any atom is 0.255 e. The molecule has 0 fully saturated rings. The number of benzene rings is 1. The molecule has 6 heteroatoms. The van der Waals surface area contributed by atoms with Gasteiger partial charge in [0.05, 0.1) is 11.3 Å². The number of H-pyrrole nitrogens is 1. The van der Waals surface area contributed by atoms with Crippen LogP contribution in [0.15, 0.2) is 53.6 Å². The predicted molar refractivity (Wildman–Crippen MR) is 92.3 cm³/mol. The summed E-state index contributed by atoms with van der Waals surface area (Å²) in [6, 6.07) is 10.1. The van der Waals surface area contributed by atoms with E-state index in [0.717, 1.165) is 29.8 Å². The minimum Gasteiger partial charge on any atom is -0.306 e. The van der Waals surface area contributed by atoms with Crippen molar-refractivity contribution in [1.29, 1.82) is 0 Å². The molecule has 4 rings (SSSR count). The molecule has 0 radical (unpaired) electrons. The molecule has 0 unspecified atom stereocenters. The first kappa shape index (κ1) is 15.7. The summed E-state index contributed by atoms with van der Waals surface area (Å²) in [5.74, 6) is 0.343. The molecule has 3 heterocycles. The average molecular weight is 336 g/mol. The number of nitrogens with one attached hydrogen (secondary N) is 1. The van der Waals surface area contributed by atoms with Crippen LogP contribution < -0.4 is 5.56 Å². The van der Waals surface area contributed by atoms with Crippen LogP contribution >= 0.6 is 0 Å². The zero-order valence-corrected chi connectivity index (χ0v) is 13.6. The number of rotatable bonds is 3. The Balaban J connectivity index is 1.57. The van der Waals surface area contributed by atoms with Crippen molar-refractivity contribution in [3.05, 3.63) is 81.8 Å². The number of aromatic amines is 1. The lowest BCUT2D eigenvalue weighted by Crippen LogP contribution is -2.35. The van der Waals surface area contributed by atoms with Crippen molar-refractivity contribution in [2.24, 2.45) is 0 Å². The predicted octanol–water partition coefficient (Wildman–Crippen LogP) is 2.53. The Bertz CT molecular complexity index is 938. The highest BCUT2D eigenvalue weighted by atomic mass is 19.1. The van der Waals surface area contributed by atoms with E-state index >= 15 is 0 Å². The first-order chi connectivity index (χ1) is 12.2. The Kier molecular flexibility index (Phi) is 4.11. The molecule has 0 aliphatic carbocycles. The standard InChI is InChI=1S/C19H17FN4O/c20-15-3-1-13(2-4-15)11-24-10-7-17-16(12-24)19(25)23-18(22-17)14-5-8-21-9-6-14/h1-6,8-9H,7,10-12H2,(H,22,23,25). The summed E-state index contributed by atoms with van der Waals surface area (Å²) in [5.41, 5.74) is 3.35. The van der Waals surface area contributed by atoms with E-state index in [1.807, 2.05) is 12.1 Å². The smallest absolute Gasteiger partial charge is 0.255 e. The molecule has 126 valence electrons. The zero-order chi connectivity index (χ0) is 17.2. The molecule has 0 atom stereocenters. The van der Waals surface area contributed by atoms with Crippen LogP contribution in [0, 0.1) is 5.82 Å². The molecule has 0 amide bonds. The lowest BCUT2D eigenvalue weighted by molar-refractivity contribution is 0.242. The molecule has 0 bridgehead atoms. The van der Waals surface area contributed by atoms with Gasteiger partial charge in [0.2, 0.25) is 0 Å². The van der Waals surface area contributed by atoms with E-state index in [-0.39, 0.29) is 11.4 Å². The highest BCUT2D eigenvalue weighted by Gasteiger charge is 2.21. The SMILES string of the molecule is O=c1[nH]c(-c2ccncc2)nc2c1CN(Cc1ccc(F)cc1)CC2. The number of pyridine rings is 1. The van der Waals surface area contributed by atoms with E-state index in [0.29, 0.717) is 24.5 Å². The molecule has 0 spiro atoms. The summed E-state index contributed by atoms with van der Waals surface area (Å²) in [6.07, 6.45) is 4.08. The molecule has 0 saturated carbocycles. The largest absolute Gasteiger partial charge is 0.306 e. The first-order valence-electron chi connectivity index (χ1n) is 8.18. The minimum absolute atomic E-state index is 0.0966. The van der Waals surface area contributed by atoms with Crippen LogP contribution in [0.25, 0.3) is 11.4 Å². The van der Waals surface area contributed by atoms with E-state index in [4.69, 9.17) is 0 Å². The number of fused-ring (bicyclic) bond motifs is 1. The van der Waals surface area contributed by atoms with Crippen LogP contribution in [0.4, 0.5) is 4.39 Å². The monoisotopic (exact) mass is 336 g/mol. The Hall–Kier alpha value is -2.86. The van der Waals surface area contributed by atoms with Crippen LogP contribution in [0.3, 0.4) is 0 Å². The van der Waals surface area contributed by atoms with Crippen molar-refractivity contribution in [2.45, 2.75) is 19.5 Å². The van der Waals surface area contributed by atoms with Crippen molar-refractivity contribution in [2.75, 3.05) is 6.54 Å². The second-order valence-electron chi connectivity index (χ2n) is 6.16. The van der Waals surface area contributed by atoms with Crippen molar-refractivity contribution < 1.29 is 4.39 Å². The molecule has 1 aliphatic heterocycles. The number of hydrogen-bond acceptors (Lipinski definition) is 4. The third kappa shape index (κ3) is 3.34. The van der Waals surface area contributed by atoms with Crippen molar-refractivity contribution in [3.8, 4) is 11.4 Å². The van der Waals surface area contributed by atoms with E-state index in [2.05, 4.69) is 19.9 Å².